The smallest absolute Gasteiger partial charge is 0.166 e. The third-order valence-electron chi connectivity index (χ3n) is 3.40. The molecule has 0 aliphatic carbocycles. The van der Waals surface area contributed by atoms with E-state index in [-0.39, 0.29) is 0 Å². The van der Waals surface area contributed by atoms with Gasteiger partial charge in [-0.2, -0.15) is 13.2 Å². The molecule has 0 spiro atoms. The van der Waals surface area contributed by atoms with Crippen molar-refractivity contribution in [1.29, 1.82) is 0 Å². The van der Waals surface area contributed by atoms with Crippen LogP contribution >= 0.6 is 0 Å². The molecule has 0 radical (unpaired) electrons. The van der Waals surface area contributed by atoms with Gasteiger partial charge in [-0.25, -0.2) is 0 Å². The highest BCUT2D eigenvalue weighted by molar-refractivity contribution is 5.34. The highest BCUT2D eigenvalue weighted by Crippen LogP contribution is 2.32. The number of hydrogen-bond donors (Lipinski definition) is 0. The van der Waals surface area contributed by atoms with Gasteiger partial charge in [0.2, 0.25) is 0 Å². The molecule has 2 rings (SSSR count). The zero-order chi connectivity index (χ0) is 14.6. The third kappa shape index (κ3) is 3.62. The molecule has 20 heavy (non-hydrogen) atoms. The summed E-state index contributed by atoms with van der Waals surface area (Å²) < 4.78 is 38.5. The van der Waals surface area contributed by atoms with Crippen molar-refractivity contribution in [3.8, 4) is 0 Å². The number of hydrogen-bond acceptors (Lipinski definition) is 0. The highest BCUT2D eigenvalue weighted by atomic mass is 19.4. The van der Waals surface area contributed by atoms with Gasteiger partial charge in [-0.15, -0.1) is 0 Å². The van der Waals surface area contributed by atoms with Crippen LogP contribution in [0.25, 0.3) is 0 Å². The van der Waals surface area contributed by atoms with Gasteiger partial charge in [-0.05, 0) is 42.0 Å². The Kier molecular flexibility index (Phi) is 4.48. The molecule has 0 saturated carbocycles. The Hall–Kier alpha value is -1.77. The Morgan fingerprint density at radius 2 is 1.50 bits per heavy atom. The maximum Gasteiger partial charge on any atom is 0.416 e. The van der Waals surface area contributed by atoms with Gasteiger partial charge in [0, 0.05) is 0 Å². The van der Waals surface area contributed by atoms with Gasteiger partial charge in [-0.1, -0.05) is 49.4 Å². The van der Waals surface area contributed by atoms with Gasteiger partial charge in [0.05, 0.1) is 5.56 Å². The lowest BCUT2D eigenvalue weighted by atomic mass is 9.98. The van der Waals surface area contributed by atoms with E-state index >= 15 is 0 Å². The van der Waals surface area contributed by atoms with E-state index in [4.69, 9.17) is 0 Å². The molecule has 0 N–H and O–H groups in total. The molecule has 0 aromatic heterocycles. The first kappa shape index (κ1) is 14.6. The molecule has 2 aromatic rings. The van der Waals surface area contributed by atoms with Crippen LogP contribution in [0.15, 0.2) is 48.5 Å². The van der Waals surface area contributed by atoms with Crippen molar-refractivity contribution in [1.82, 2.24) is 0 Å². The second-order valence-electron chi connectivity index (χ2n) is 4.83. The van der Waals surface area contributed by atoms with Crippen molar-refractivity contribution >= 4 is 0 Å². The summed E-state index contributed by atoms with van der Waals surface area (Å²) in [7, 11) is 0. The van der Waals surface area contributed by atoms with Gasteiger partial charge in [0.1, 0.15) is 0 Å². The van der Waals surface area contributed by atoms with Crippen LogP contribution in [-0.4, -0.2) is 0 Å². The highest BCUT2D eigenvalue weighted by Gasteiger charge is 2.32. The van der Waals surface area contributed by atoms with Crippen LogP contribution in [0.2, 0.25) is 0 Å². The zero-order valence-electron chi connectivity index (χ0n) is 11.4. The SMILES string of the molecule is CCc1cc(CCc2ccccc2)ccc1C(F)(F)F. The number of benzene rings is 2. The molecule has 0 amide bonds. The first-order valence-electron chi connectivity index (χ1n) is 6.73. The van der Waals surface area contributed by atoms with Crippen LogP contribution in [0.1, 0.15) is 29.2 Å². The first-order valence-corrected chi connectivity index (χ1v) is 6.73. The molecule has 0 unspecified atom stereocenters. The molecule has 0 aliphatic heterocycles. The maximum atomic E-state index is 12.8. The van der Waals surface area contributed by atoms with E-state index in [1.54, 1.807) is 19.1 Å². The molecule has 2 aromatic carbocycles. The molecule has 0 heterocycles. The summed E-state index contributed by atoms with van der Waals surface area (Å²) in [5, 5.41) is 0. The minimum absolute atomic E-state index is 0.378. The Labute approximate surface area is 117 Å². The molecule has 106 valence electrons. The fraction of sp³-hybridized carbons (Fsp3) is 0.294. The second-order valence-corrected chi connectivity index (χ2v) is 4.83. The van der Waals surface area contributed by atoms with Gasteiger partial charge in [0.25, 0.3) is 0 Å². The summed E-state index contributed by atoms with van der Waals surface area (Å²) >= 11 is 0. The minimum Gasteiger partial charge on any atom is -0.166 e. The predicted molar refractivity (Wildman–Crippen MR) is 74.7 cm³/mol. The van der Waals surface area contributed by atoms with Gasteiger partial charge in [0.15, 0.2) is 0 Å². The molecule has 0 bridgehead atoms. The second kappa shape index (κ2) is 6.12. The minimum atomic E-state index is -4.26. The number of aryl methyl sites for hydroxylation is 3. The van der Waals surface area contributed by atoms with Crippen molar-refractivity contribution in [2.75, 3.05) is 0 Å². The van der Waals surface area contributed by atoms with Gasteiger partial charge in [-0.3, -0.25) is 0 Å². The number of alkyl halides is 3. The topological polar surface area (TPSA) is 0 Å². The largest absolute Gasteiger partial charge is 0.416 e. The Morgan fingerprint density at radius 3 is 2.10 bits per heavy atom. The van der Waals surface area contributed by atoms with Crippen molar-refractivity contribution in [3.05, 3.63) is 70.8 Å². The third-order valence-corrected chi connectivity index (χ3v) is 3.40. The molecule has 3 heteroatoms. The lowest BCUT2D eigenvalue weighted by Crippen LogP contribution is -2.09. The van der Waals surface area contributed by atoms with Gasteiger partial charge >= 0.3 is 6.18 Å². The van der Waals surface area contributed by atoms with E-state index in [0.717, 1.165) is 18.4 Å². The van der Waals surface area contributed by atoms with Crippen LogP contribution in [-0.2, 0) is 25.4 Å². The first-order chi connectivity index (χ1) is 9.50. The Bertz CT molecular complexity index is 556. The van der Waals surface area contributed by atoms with Crippen LogP contribution in [0.5, 0.6) is 0 Å². The Morgan fingerprint density at radius 1 is 0.850 bits per heavy atom. The average Bonchev–Trinajstić information content (AvgIpc) is 2.45. The number of halogens is 3. The van der Waals surface area contributed by atoms with E-state index < -0.39 is 11.7 Å². The van der Waals surface area contributed by atoms with Crippen LogP contribution in [0.3, 0.4) is 0 Å². The monoisotopic (exact) mass is 278 g/mol. The summed E-state index contributed by atoms with van der Waals surface area (Å²) in [6.45, 7) is 1.76. The summed E-state index contributed by atoms with van der Waals surface area (Å²) in [6.07, 6.45) is -2.26. The number of rotatable bonds is 4. The molecule has 0 atom stereocenters. The van der Waals surface area contributed by atoms with Crippen molar-refractivity contribution < 1.29 is 13.2 Å². The Balaban J connectivity index is 2.14. The summed E-state index contributed by atoms with van der Waals surface area (Å²) in [5.74, 6) is 0. The fourth-order valence-corrected chi connectivity index (χ4v) is 2.30. The van der Waals surface area contributed by atoms with E-state index in [9.17, 15) is 13.2 Å². The standard InChI is InChI=1S/C17H17F3/c1-2-15-12-14(10-11-16(15)17(18,19)20)9-8-13-6-4-3-5-7-13/h3-7,10-12H,2,8-9H2,1H3. The van der Waals surface area contributed by atoms with E-state index in [1.165, 1.54) is 11.6 Å². The van der Waals surface area contributed by atoms with E-state index in [2.05, 4.69) is 0 Å². The summed E-state index contributed by atoms with van der Waals surface area (Å²) in [4.78, 5) is 0. The van der Waals surface area contributed by atoms with E-state index in [0.29, 0.717) is 12.0 Å². The molecule has 0 aliphatic rings. The van der Waals surface area contributed by atoms with Gasteiger partial charge < -0.3 is 0 Å². The van der Waals surface area contributed by atoms with Crippen molar-refractivity contribution in [3.63, 3.8) is 0 Å². The van der Waals surface area contributed by atoms with Crippen LogP contribution in [0, 0.1) is 0 Å². The maximum absolute atomic E-state index is 12.8. The summed E-state index contributed by atoms with van der Waals surface area (Å²) in [5.41, 5.74) is 2.02. The summed E-state index contributed by atoms with van der Waals surface area (Å²) in [6, 6.07) is 14.4. The average molecular weight is 278 g/mol. The fourth-order valence-electron chi connectivity index (χ4n) is 2.30. The molecule has 0 fully saturated rings. The zero-order valence-corrected chi connectivity index (χ0v) is 11.4. The molecular formula is C17H17F3. The van der Waals surface area contributed by atoms with Crippen molar-refractivity contribution in [2.45, 2.75) is 32.4 Å². The lowest BCUT2D eigenvalue weighted by molar-refractivity contribution is -0.138. The molecule has 0 saturated heterocycles. The van der Waals surface area contributed by atoms with Crippen LogP contribution in [0.4, 0.5) is 13.2 Å². The van der Waals surface area contributed by atoms with Crippen molar-refractivity contribution in [2.24, 2.45) is 0 Å². The molecular weight excluding hydrogens is 261 g/mol. The predicted octanol–water partition coefficient (Wildman–Crippen LogP) is 5.05. The van der Waals surface area contributed by atoms with Crippen LogP contribution < -0.4 is 0 Å². The normalized spacial score (nSPS) is 11.6. The lowest BCUT2D eigenvalue weighted by Gasteiger charge is -2.13. The van der Waals surface area contributed by atoms with E-state index in [1.807, 2.05) is 30.3 Å². The molecule has 0 nitrogen and oxygen atoms in total. The quantitative estimate of drug-likeness (QED) is 0.734.